The molecule has 0 aliphatic rings. The number of carboxylic acids is 1. The van der Waals surface area contributed by atoms with Crippen molar-refractivity contribution in [2.75, 3.05) is 0 Å². The van der Waals surface area contributed by atoms with Crippen LogP contribution in [0.25, 0.3) is 0 Å². The molecule has 0 aliphatic heterocycles. The van der Waals surface area contributed by atoms with Crippen molar-refractivity contribution in [1.82, 2.24) is 10.3 Å². The van der Waals surface area contributed by atoms with Crippen molar-refractivity contribution in [3.8, 4) is 0 Å². The van der Waals surface area contributed by atoms with Crippen LogP contribution in [0, 0.1) is 0 Å². The number of aromatic nitrogens is 1. The average molecular weight is 251 g/mol. The Labute approximate surface area is 103 Å². The predicted octanol–water partition coefficient (Wildman–Crippen LogP) is -0.470. The number of amides is 2. The fourth-order valence-corrected chi connectivity index (χ4v) is 1.28. The van der Waals surface area contributed by atoms with E-state index in [-0.39, 0.29) is 18.4 Å². The van der Waals surface area contributed by atoms with Gasteiger partial charge in [0.1, 0.15) is 6.04 Å². The van der Waals surface area contributed by atoms with Crippen LogP contribution in [0.1, 0.15) is 23.2 Å². The van der Waals surface area contributed by atoms with Crippen LogP contribution in [-0.4, -0.2) is 33.9 Å². The number of carboxylic acid groups (broad SMARTS) is 1. The lowest BCUT2D eigenvalue weighted by molar-refractivity contribution is -0.139. The summed E-state index contributed by atoms with van der Waals surface area (Å²) in [6.45, 7) is 0. The number of pyridine rings is 1. The summed E-state index contributed by atoms with van der Waals surface area (Å²) in [6, 6.07) is 1.92. The zero-order chi connectivity index (χ0) is 13.5. The number of nitrogens with two attached hydrogens (primary N) is 1. The van der Waals surface area contributed by atoms with Crippen LogP contribution in [-0.2, 0) is 9.59 Å². The average Bonchev–Trinajstić information content (AvgIpc) is 2.34. The third-order valence-corrected chi connectivity index (χ3v) is 2.21. The van der Waals surface area contributed by atoms with Gasteiger partial charge in [0.05, 0.1) is 5.56 Å². The Kier molecular flexibility index (Phi) is 4.79. The first-order valence-corrected chi connectivity index (χ1v) is 5.22. The van der Waals surface area contributed by atoms with E-state index < -0.39 is 23.8 Å². The van der Waals surface area contributed by atoms with Crippen LogP contribution >= 0.6 is 0 Å². The van der Waals surface area contributed by atoms with Crippen molar-refractivity contribution in [1.29, 1.82) is 0 Å². The number of aliphatic carboxylic acids is 1. The molecule has 1 atom stereocenters. The SMILES string of the molecule is NC(=O)CC[C@@H](NC(=O)c1cccnc1)C(=O)O. The van der Waals surface area contributed by atoms with E-state index in [1.165, 1.54) is 18.5 Å². The molecule has 0 aliphatic carbocycles. The van der Waals surface area contributed by atoms with Gasteiger partial charge < -0.3 is 16.2 Å². The van der Waals surface area contributed by atoms with Gasteiger partial charge in [-0.15, -0.1) is 0 Å². The Bertz CT molecular complexity index is 447. The molecule has 0 unspecified atom stereocenters. The van der Waals surface area contributed by atoms with E-state index in [0.717, 1.165) is 0 Å². The summed E-state index contributed by atoms with van der Waals surface area (Å²) in [7, 11) is 0. The molecule has 0 fully saturated rings. The van der Waals surface area contributed by atoms with Crippen molar-refractivity contribution in [3.05, 3.63) is 30.1 Å². The number of carbonyl (C=O) groups is 3. The monoisotopic (exact) mass is 251 g/mol. The Morgan fingerprint density at radius 2 is 2.17 bits per heavy atom. The van der Waals surface area contributed by atoms with Gasteiger partial charge in [0, 0.05) is 18.8 Å². The molecule has 1 heterocycles. The number of rotatable bonds is 6. The highest BCUT2D eigenvalue weighted by molar-refractivity contribution is 5.96. The van der Waals surface area contributed by atoms with Crippen molar-refractivity contribution in [3.63, 3.8) is 0 Å². The molecule has 0 saturated heterocycles. The van der Waals surface area contributed by atoms with Gasteiger partial charge in [-0.05, 0) is 18.6 Å². The highest BCUT2D eigenvalue weighted by Crippen LogP contribution is 2.01. The summed E-state index contributed by atoms with van der Waals surface area (Å²) < 4.78 is 0. The first kappa shape index (κ1) is 13.6. The zero-order valence-electron chi connectivity index (χ0n) is 9.50. The van der Waals surface area contributed by atoms with Crippen molar-refractivity contribution in [2.24, 2.45) is 5.73 Å². The maximum Gasteiger partial charge on any atom is 0.326 e. The van der Waals surface area contributed by atoms with Crippen LogP contribution in [0.5, 0.6) is 0 Å². The minimum atomic E-state index is -1.21. The molecule has 4 N–H and O–H groups in total. The first-order chi connectivity index (χ1) is 8.50. The second kappa shape index (κ2) is 6.33. The molecule has 0 aromatic carbocycles. The minimum absolute atomic E-state index is 0.0450. The number of hydrogen-bond acceptors (Lipinski definition) is 4. The quantitative estimate of drug-likeness (QED) is 0.630. The van der Waals surface area contributed by atoms with Gasteiger partial charge in [0.15, 0.2) is 0 Å². The number of hydrogen-bond donors (Lipinski definition) is 3. The summed E-state index contributed by atoms with van der Waals surface area (Å²) in [4.78, 5) is 36.9. The fourth-order valence-electron chi connectivity index (χ4n) is 1.28. The summed E-state index contributed by atoms with van der Waals surface area (Å²) in [5.41, 5.74) is 5.18. The number of nitrogens with zero attached hydrogens (tertiary/aromatic N) is 1. The van der Waals surface area contributed by atoms with E-state index in [0.29, 0.717) is 0 Å². The highest BCUT2D eigenvalue weighted by atomic mass is 16.4. The van der Waals surface area contributed by atoms with Gasteiger partial charge in [-0.3, -0.25) is 14.6 Å². The van der Waals surface area contributed by atoms with Gasteiger partial charge in [-0.2, -0.15) is 0 Å². The third-order valence-electron chi connectivity index (χ3n) is 2.21. The topological polar surface area (TPSA) is 122 Å². The number of primary amides is 1. The molecule has 0 radical (unpaired) electrons. The Morgan fingerprint density at radius 1 is 1.44 bits per heavy atom. The lowest BCUT2D eigenvalue weighted by Crippen LogP contribution is -2.41. The van der Waals surface area contributed by atoms with Crippen LogP contribution in [0.2, 0.25) is 0 Å². The van der Waals surface area contributed by atoms with Gasteiger partial charge in [-0.1, -0.05) is 0 Å². The molecule has 1 rings (SSSR count). The Hall–Kier alpha value is -2.44. The summed E-state index contributed by atoms with van der Waals surface area (Å²) >= 11 is 0. The van der Waals surface area contributed by atoms with E-state index in [1.54, 1.807) is 6.07 Å². The van der Waals surface area contributed by atoms with Crippen molar-refractivity contribution in [2.45, 2.75) is 18.9 Å². The first-order valence-electron chi connectivity index (χ1n) is 5.22. The molecule has 0 bridgehead atoms. The normalized spacial score (nSPS) is 11.6. The lowest BCUT2D eigenvalue weighted by atomic mass is 10.1. The Morgan fingerprint density at radius 3 is 2.67 bits per heavy atom. The second-order valence-corrected chi connectivity index (χ2v) is 3.61. The standard InChI is InChI=1S/C11H13N3O4/c12-9(15)4-3-8(11(17)18)14-10(16)7-2-1-5-13-6-7/h1-2,5-6,8H,3-4H2,(H2,12,15)(H,14,16)(H,17,18)/t8-/m1/s1. The largest absolute Gasteiger partial charge is 0.480 e. The van der Waals surface area contributed by atoms with Crippen molar-refractivity contribution < 1.29 is 19.5 Å². The summed E-state index contributed by atoms with van der Waals surface area (Å²) in [6.07, 6.45) is 2.67. The van der Waals surface area contributed by atoms with E-state index in [9.17, 15) is 14.4 Å². The van der Waals surface area contributed by atoms with Crippen LogP contribution in [0.3, 0.4) is 0 Å². The van der Waals surface area contributed by atoms with Gasteiger partial charge >= 0.3 is 5.97 Å². The van der Waals surface area contributed by atoms with E-state index in [4.69, 9.17) is 10.8 Å². The molecule has 7 nitrogen and oxygen atoms in total. The van der Waals surface area contributed by atoms with Crippen LogP contribution < -0.4 is 11.1 Å². The summed E-state index contributed by atoms with van der Waals surface area (Å²) in [5, 5.41) is 11.2. The molecular formula is C11H13N3O4. The smallest absolute Gasteiger partial charge is 0.326 e. The van der Waals surface area contributed by atoms with E-state index in [1.807, 2.05) is 0 Å². The Balaban J connectivity index is 2.64. The molecule has 18 heavy (non-hydrogen) atoms. The van der Waals surface area contributed by atoms with Crippen LogP contribution in [0.4, 0.5) is 0 Å². The highest BCUT2D eigenvalue weighted by Gasteiger charge is 2.21. The molecule has 0 saturated carbocycles. The van der Waals surface area contributed by atoms with Crippen LogP contribution in [0.15, 0.2) is 24.5 Å². The molecular weight excluding hydrogens is 238 g/mol. The van der Waals surface area contributed by atoms with E-state index >= 15 is 0 Å². The third kappa shape index (κ3) is 4.20. The van der Waals surface area contributed by atoms with Crippen molar-refractivity contribution >= 4 is 17.8 Å². The molecule has 1 aromatic rings. The van der Waals surface area contributed by atoms with Gasteiger partial charge in [0.2, 0.25) is 5.91 Å². The second-order valence-electron chi connectivity index (χ2n) is 3.61. The lowest BCUT2D eigenvalue weighted by Gasteiger charge is -2.13. The molecule has 7 heteroatoms. The molecule has 1 aromatic heterocycles. The maximum atomic E-state index is 11.7. The minimum Gasteiger partial charge on any atom is -0.480 e. The number of carbonyl (C=O) groups excluding carboxylic acids is 2. The zero-order valence-corrected chi connectivity index (χ0v) is 9.50. The number of nitrogens with one attached hydrogen (secondary N) is 1. The maximum absolute atomic E-state index is 11.7. The van der Waals surface area contributed by atoms with Gasteiger partial charge in [-0.25, -0.2) is 4.79 Å². The predicted molar refractivity (Wildman–Crippen MR) is 61.6 cm³/mol. The summed E-state index contributed by atoms with van der Waals surface area (Å²) in [5.74, 6) is -2.38. The molecule has 2 amide bonds. The van der Waals surface area contributed by atoms with Gasteiger partial charge in [0.25, 0.3) is 5.91 Å². The molecule has 0 spiro atoms. The molecule has 96 valence electrons. The fraction of sp³-hybridized carbons (Fsp3) is 0.273. The van der Waals surface area contributed by atoms with E-state index in [2.05, 4.69) is 10.3 Å².